The molecule has 1 N–H and O–H groups in total. The van der Waals surface area contributed by atoms with Crippen LogP contribution in [-0.4, -0.2) is 26.5 Å². The van der Waals surface area contributed by atoms with E-state index in [4.69, 9.17) is 0 Å². The molecule has 6 nitrogen and oxygen atoms in total. The van der Waals surface area contributed by atoms with Gasteiger partial charge in [0.2, 0.25) is 0 Å². The number of nitrogens with zero attached hydrogens (tertiary/aromatic N) is 3. The van der Waals surface area contributed by atoms with Crippen LogP contribution in [0.1, 0.15) is 50.5 Å². The summed E-state index contributed by atoms with van der Waals surface area (Å²) in [6.45, 7) is 5.53. The second-order valence-electron chi connectivity index (χ2n) is 6.10. The lowest BCUT2D eigenvalue weighted by Crippen LogP contribution is -2.35. The van der Waals surface area contributed by atoms with Gasteiger partial charge in [-0.3, -0.25) is 14.3 Å². The largest absolute Gasteiger partial charge is 0.340 e. The standard InChI is InChI=1S/C16H20N4O2S/c1-8-7-17-16(23-8)13(11-5-6-11)18-15(22)14(21)12-9(2)19-20(4)10(12)3/h7,11,13H,5-6H2,1-4H3,(H,18,22)/t13-/m0/s1. The maximum absolute atomic E-state index is 12.5. The molecule has 122 valence electrons. The fraction of sp³-hybridized carbons (Fsp3) is 0.500. The molecule has 3 rings (SSSR count). The lowest BCUT2D eigenvalue weighted by molar-refractivity contribution is -0.117. The number of amides is 1. The number of carbonyl (C=O) groups excluding carboxylic acids is 2. The molecule has 0 bridgehead atoms. The number of rotatable bonds is 5. The monoisotopic (exact) mass is 332 g/mol. The van der Waals surface area contributed by atoms with Crippen molar-refractivity contribution in [2.45, 2.75) is 39.7 Å². The van der Waals surface area contributed by atoms with Crippen LogP contribution in [0.3, 0.4) is 0 Å². The van der Waals surface area contributed by atoms with E-state index >= 15 is 0 Å². The summed E-state index contributed by atoms with van der Waals surface area (Å²) in [5, 5.41) is 7.98. The molecule has 0 unspecified atom stereocenters. The third-order valence-electron chi connectivity index (χ3n) is 4.23. The van der Waals surface area contributed by atoms with E-state index in [1.165, 1.54) is 0 Å². The van der Waals surface area contributed by atoms with Gasteiger partial charge in [-0.25, -0.2) is 4.98 Å². The Morgan fingerprint density at radius 1 is 1.35 bits per heavy atom. The minimum atomic E-state index is -0.575. The molecule has 1 aliphatic carbocycles. The summed E-state index contributed by atoms with van der Waals surface area (Å²) in [5.41, 5.74) is 1.68. The molecule has 23 heavy (non-hydrogen) atoms. The fourth-order valence-corrected chi connectivity index (χ4v) is 3.67. The highest BCUT2D eigenvalue weighted by Crippen LogP contribution is 2.42. The second kappa shape index (κ2) is 5.88. The van der Waals surface area contributed by atoms with Crippen LogP contribution in [-0.2, 0) is 11.8 Å². The maximum atomic E-state index is 12.5. The highest BCUT2D eigenvalue weighted by atomic mass is 32.1. The number of nitrogens with one attached hydrogen (secondary N) is 1. The third kappa shape index (κ3) is 3.06. The second-order valence-corrected chi connectivity index (χ2v) is 7.36. The summed E-state index contributed by atoms with van der Waals surface area (Å²) in [5.74, 6) is -0.714. The van der Waals surface area contributed by atoms with Crippen LogP contribution >= 0.6 is 11.3 Å². The van der Waals surface area contributed by atoms with Crippen molar-refractivity contribution in [2.75, 3.05) is 0 Å². The van der Waals surface area contributed by atoms with Gasteiger partial charge in [0, 0.05) is 23.8 Å². The zero-order chi connectivity index (χ0) is 16.7. The normalized spacial score (nSPS) is 15.5. The molecular formula is C16H20N4O2S. The molecule has 2 heterocycles. The lowest BCUT2D eigenvalue weighted by atomic mass is 10.1. The van der Waals surface area contributed by atoms with E-state index in [0.29, 0.717) is 22.9 Å². The molecule has 0 saturated heterocycles. The number of Topliss-reactive ketones (excluding diaryl/α,β-unsaturated/α-hetero) is 1. The summed E-state index contributed by atoms with van der Waals surface area (Å²) >= 11 is 1.57. The van der Waals surface area contributed by atoms with Crippen molar-refractivity contribution in [1.29, 1.82) is 0 Å². The van der Waals surface area contributed by atoms with Gasteiger partial charge in [0.25, 0.3) is 11.7 Å². The molecule has 1 saturated carbocycles. The van der Waals surface area contributed by atoms with Gasteiger partial charge in [0.15, 0.2) is 0 Å². The summed E-state index contributed by atoms with van der Waals surface area (Å²) < 4.78 is 1.62. The Labute approximate surface area is 138 Å². The summed E-state index contributed by atoms with van der Waals surface area (Å²) in [6, 6.07) is -0.164. The van der Waals surface area contributed by atoms with Crippen molar-refractivity contribution in [2.24, 2.45) is 13.0 Å². The minimum Gasteiger partial charge on any atom is -0.340 e. The lowest BCUT2D eigenvalue weighted by Gasteiger charge is -2.15. The van der Waals surface area contributed by atoms with Gasteiger partial charge >= 0.3 is 0 Å². The third-order valence-corrected chi connectivity index (χ3v) is 5.22. The van der Waals surface area contributed by atoms with E-state index in [1.807, 2.05) is 6.92 Å². The van der Waals surface area contributed by atoms with Crippen molar-refractivity contribution >= 4 is 23.0 Å². The quantitative estimate of drug-likeness (QED) is 0.673. The highest BCUT2D eigenvalue weighted by molar-refractivity contribution is 7.11. The Morgan fingerprint density at radius 2 is 2.04 bits per heavy atom. The van der Waals surface area contributed by atoms with Crippen LogP contribution < -0.4 is 5.32 Å². The van der Waals surface area contributed by atoms with Gasteiger partial charge in [-0.1, -0.05) is 0 Å². The molecule has 2 aromatic rings. The molecule has 1 aliphatic rings. The molecule has 0 radical (unpaired) electrons. The van der Waals surface area contributed by atoms with Crippen LogP contribution in [0, 0.1) is 26.7 Å². The molecule has 0 aromatic carbocycles. The van der Waals surface area contributed by atoms with Crippen molar-refractivity contribution in [3.63, 3.8) is 0 Å². The van der Waals surface area contributed by atoms with Gasteiger partial charge in [-0.15, -0.1) is 11.3 Å². The fourth-order valence-electron chi connectivity index (χ4n) is 2.75. The molecule has 1 amide bonds. The number of aryl methyl sites for hydroxylation is 3. The van der Waals surface area contributed by atoms with Gasteiger partial charge in [-0.05, 0) is 39.5 Å². The Bertz CT molecular complexity index is 773. The van der Waals surface area contributed by atoms with Gasteiger partial charge in [-0.2, -0.15) is 5.10 Å². The average Bonchev–Trinajstić information content (AvgIpc) is 3.19. The first-order valence-electron chi connectivity index (χ1n) is 7.66. The van der Waals surface area contributed by atoms with E-state index in [9.17, 15) is 9.59 Å². The zero-order valence-corrected chi connectivity index (χ0v) is 14.5. The minimum absolute atomic E-state index is 0.164. The Balaban J connectivity index is 1.80. The van der Waals surface area contributed by atoms with Gasteiger partial charge < -0.3 is 5.32 Å². The number of thiazole rings is 1. The number of hydrogen-bond donors (Lipinski definition) is 1. The van der Waals surface area contributed by atoms with Crippen molar-refractivity contribution in [1.82, 2.24) is 20.1 Å². The van der Waals surface area contributed by atoms with Crippen molar-refractivity contribution in [3.05, 3.63) is 33.0 Å². The first-order chi connectivity index (χ1) is 10.9. The van der Waals surface area contributed by atoms with E-state index < -0.39 is 11.7 Å². The van der Waals surface area contributed by atoms with Crippen LogP contribution in [0.15, 0.2) is 6.20 Å². The number of ketones is 1. The Hall–Kier alpha value is -2.02. The average molecular weight is 332 g/mol. The molecule has 1 atom stereocenters. The van der Waals surface area contributed by atoms with Crippen LogP contribution in [0.25, 0.3) is 0 Å². The molecule has 1 fully saturated rings. The first-order valence-corrected chi connectivity index (χ1v) is 8.48. The summed E-state index contributed by atoms with van der Waals surface area (Å²) in [4.78, 5) is 30.5. The highest BCUT2D eigenvalue weighted by Gasteiger charge is 2.37. The molecule has 7 heteroatoms. The topological polar surface area (TPSA) is 76.9 Å². The molecular weight excluding hydrogens is 312 g/mol. The number of aromatic nitrogens is 3. The smallest absolute Gasteiger partial charge is 0.293 e. The van der Waals surface area contributed by atoms with Crippen molar-refractivity contribution < 1.29 is 9.59 Å². The maximum Gasteiger partial charge on any atom is 0.293 e. The summed E-state index contributed by atoms with van der Waals surface area (Å²) in [6.07, 6.45) is 3.92. The van der Waals surface area contributed by atoms with Gasteiger partial charge in [0.1, 0.15) is 5.01 Å². The molecule has 0 aliphatic heterocycles. The van der Waals surface area contributed by atoms with E-state index in [2.05, 4.69) is 15.4 Å². The van der Waals surface area contributed by atoms with Crippen LogP contribution in [0.4, 0.5) is 0 Å². The molecule has 2 aromatic heterocycles. The predicted molar refractivity (Wildman–Crippen MR) is 87.5 cm³/mol. The van der Waals surface area contributed by atoms with E-state index in [-0.39, 0.29) is 6.04 Å². The number of hydrogen-bond acceptors (Lipinski definition) is 5. The first kappa shape index (κ1) is 15.9. The van der Waals surface area contributed by atoms with Crippen molar-refractivity contribution in [3.8, 4) is 0 Å². The van der Waals surface area contributed by atoms with Gasteiger partial charge in [0.05, 0.1) is 17.3 Å². The zero-order valence-electron chi connectivity index (χ0n) is 13.7. The Kier molecular flexibility index (Phi) is 4.06. The SMILES string of the molecule is Cc1cnc([C@@H](NC(=O)C(=O)c2c(C)nn(C)c2C)C2CC2)s1. The van der Waals surface area contributed by atoms with E-state index in [1.54, 1.807) is 43.1 Å². The van der Waals surface area contributed by atoms with Crippen LogP contribution in [0.5, 0.6) is 0 Å². The number of carbonyl (C=O) groups is 2. The van der Waals surface area contributed by atoms with Crippen LogP contribution in [0.2, 0.25) is 0 Å². The Morgan fingerprint density at radius 3 is 2.52 bits per heavy atom. The molecule has 0 spiro atoms. The predicted octanol–water partition coefficient (Wildman–Crippen LogP) is 2.25. The summed E-state index contributed by atoms with van der Waals surface area (Å²) in [7, 11) is 1.77. The van der Waals surface area contributed by atoms with E-state index in [0.717, 1.165) is 22.7 Å².